The third-order valence-electron chi connectivity index (χ3n) is 4.68. The van der Waals surface area contributed by atoms with E-state index in [0.717, 1.165) is 22.4 Å². The van der Waals surface area contributed by atoms with Crippen molar-refractivity contribution in [3.05, 3.63) is 83.0 Å². The van der Waals surface area contributed by atoms with E-state index >= 15 is 0 Å². The second-order valence-electron chi connectivity index (χ2n) is 6.82. The molecule has 0 fully saturated rings. The minimum absolute atomic E-state index is 0.0201. The highest BCUT2D eigenvalue weighted by atomic mass is 32.2. The molecular formula is C21H18N4O4S2. The van der Waals surface area contributed by atoms with Crippen LogP contribution in [0.15, 0.2) is 71.1 Å². The molecule has 2 aromatic heterocycles. The van der Waals surface area contributed by atoms with Gasteiger partial charge in [-0.3, -0.25) is 0 Å². The number of primary sulfonamides is 1. The summed E-state index contributed by atoms with van der Waals surface area (Å²) in [4.78, 5) is 15.4. The molecule has 4 rings (SSSR count). The summed E-state index contributed by atoms with van der Waals surface area (Å²) in [6.45, 7) is 0. The molecule has 158 valence electrons. The molecule has 0 bridgehead atoms. The number of carboxylic acid groups (broad SMARTS) is 1. The predicted molar refractivity (Wildman–Crippen MR) is 117 cm³/mol. The number of nitrogens with two attached hydrogens (primary N) is 1. The Morgan fingerprint density at radius 1 is 1.06 bits per heavy atom. The minimum atomic E-state index is -3.72. The van der Waals surface area contributed by atoms with Gasteiger partial charge < -0.3 is 5.11 Å². The van der Waals surface area contributed by atoms with E-state index in [0.29, 0.717) is 18.0 Å². The molecule has 10 heteroatoms. The minimum Gasteiger partial charge on any atom is -0.476 e. The van der Waals surface area contributed by atoms with Crippen LogP contribution < -0.4 is 5.14 Å². The molecule has 0 aliphatic heterocycles. The van der Waals surface area contributed by atoms with E-state index in [9.17, 15) is 13.2 Å². The van der Waals surface area contributed by atoms with Crippen molar-refractivity contribution >= 4 is 27.3 Å². The predicted octanol–water partition coefficient (Wildman–Crippen LogP) is 3.13. The van der Waals surface area contributed by atoms with Gasteiger partial charge in [-0.2, -0.15) is 5.10 Å². The van der Waals surface area contributed by atoms with Crippen molar-refractivity contribution in [3.63, 3.8) is 0 Å². The topological polar surface area (TPSA) is 128 Å². The summed E-state index contributed by atoms with van der Waals surface area (Å²) in [5, 5.41) is 20.9. The second-order valence-corrected chi connectivity index (χ2v) is 9.22. The van der Waals surface area contributed by atoms with Crippen LogP contribution in [0, 0.1) is 0 Å². The molecule has 0 atom stereocenters. The highest BCUT2D eigenvalue weighted by Gasteiger charge is 2.16. The van der Waals surface area contributed by atoms with E-state index in [4.69, 9.17) is 10.2 Å². The number of benzene rings is 2. The van der Waals surface area contributed by atoms with E-state index in [1.165, 1.54) is 28.8 Å². The van der Waals surface area contributed by atoms with Gasteiger partial charge in [0, 0.05) is 17.1 Å². The fourth-order valence-electron chi connectivity index (χ4n) is 3.12. The van der Waals surface area contributed by atoms with Crippen molar-refractivity contribution in [1.29, 1.82) is 0 Å². The molecule has 0 spiro atoms. The third-order valence-corrected chi connectivity index (χ3v) is 6.44. The maximum Gasteiger partial charge on any atom is 0.355 e. The molecule has 0 saturated carbocycles. The van der Waals surface area contributed by atoms with Gasteiger partial charge in [-0.1, -0.05) is 42.5 Å². The van der Waals surface area contributed by atoms with Crippen LogP contribution in [0.2, 0.25) is 0 Å². The van der Waals surface area contributed by atoms with Gasteiger partial charge in [0.15, 0.2) is 5.69 Å². The maximum atomic E-state index is 11.4. The van der Waals surface area contributed by atoms with Gasteiger partial charge in [0.1, 0.15) is 0 Å². The van der Waals surface area contributed by atoms with Crippen molar-refractivity contribution in [3.8, 4) is 16.4 Å². The quantitative estimate of drug-likeness (QED) is 0.441. The number of aromatic carboxylic acids is 1. The average molecular weight is 455 g/mol. The molecule has 4 aromatic rings. The Kier molecular flexibility index (Phi) is 5.68. The number of carboxylic acids is 1. The molecule has 0 unspecified atom stereocenters. The zero-order chi connectivity index (χ0) is 22.0. The van der Waals surface area contributed by atoms with Gasteiger partial charge in [0.05, 0.1) is 10.6 Å². The summed E-state index contributed by atoms with van der Waals surface area (Å²) in [7, 11) is -3.72. The Morgan fingerprint density at radius 2 is 1.77 bits per heavy atom. The number of thiazole rings is 1. The molecule has 2 aromatic carbocycles. The van der Waals surface area contributed by atoms with Crippen LogP contribution in [0.3, 0.4) is 0 Å². The molecule has 0 aliphatic carbocycles. The molecule has 8 nitrogen and oxygen atoms in total. The van der Waals surface area contributed by atoms with Crippen LogP contribution in [0.4, 0.5) is 0 Å². The van der Waals surface area contributed by atoms with E-state index in [1.54, 1.807) is 16.8 Å². The summed E-state index contributed by atoms with van der Waals surface area (Å²) in [5.74, 6) is -1.08. The molecular weight excluding hydrogens is 436 g/mol. The van der Waals surface area contributed by atoms with Crippen LogP contribution in [-0.4, -0.2) is 34.3 Å². The first-order valence-electron chi connectivity index (χ1n) is 9.26. The zero-order valence-electron chi connectivity index (χ0n) is 16.2. The molecule has 0 aliphatic rings. The first kappa shape index (κ1) is 20.9. The number of rotatable bonds is 7. The van der Waals surface area contributed by atoms with Gasteiger partial charge in [-0.15, -0.1) is 11.3 Å². The average Bonchev–Trinajstić information content (AvgIpc) is 3.40. The van der Waals surface area contributed by atoms with E-state index in [-0.39, 0.29) is 10.6 Å². The van der Waals surface area contributed by atoms with E-state index in [1.807, 2.05) is 36.5 Å². The van der Waals surface area contributed by atoms with Crippen molar-refractivity contribution in [1.82, 2.24) is 14.8 Å². The monoisotopic (exact) mass is 454 g/mol. The Morgan fingerprint density at radius 3 is 2.39 bits per heavy atom. The van der Waals surface area contributed by atoms with Crippen LogP contribution >= 0.6 is 11.3 Å². The lowest BCUT2D eigenvalue weighted by Crippen LogP contribution is -2.11. The van der Waals surface area contributed by atoms with Crippen LogP contribution in [0.25, 0.3) is 16.4 Å². The molecule has 3 N–H and O–H groups in total. The molecule has 0 saturated heterocycles. The fraction of sp³-hybridized carbons (Fsp3) is 0.0952. The smallest absolute Gasteiger partial charge is 0.355 e. The number of carbonyl (C=O) groups is 1. The Balaban J connectivity index is 1.64. The molecule has 31 heavy (non-hydrogen) atoms. The molecule has 0 amide bonds. The number of hydrogen-bond donors (Lipinski definition) is 2. The second kappa shape index (κ2) is 8.42. The lowest BCUT2D eigenvalue weighted by atomic mass is 10.0. The summed E-state index contributed by atoms with van der Waals surface area (Å²) >= 11 is 1.21. The van der Waals surface area contributed by atoms with Gasteiger partial charge in [0.2, 0.25) is 15.2 Å². The summed E-state index contributed by atoms with van der Waals surface area (Å²) in [6, 6.07) is 16.2. The summed E-state index contributed by atoms with van der Waals surface area (Å²) in [5.41, 5.74) is 3.63. The van der Waals surface area contributed by atoms with Crippen molar-refractivity contribution in [2.24, 2.45) is 5.14 Å². The SMILES string of the molecule is NS(=O)(=O)c1ccc(CCc2cn(-c3nc(C(=O)O)cs3)nc2-c2ccccc2)cc1. The third kappa shape index (κ3) is 4.71. The van der Waals surface area contributed by atoms with E-state index in [2.05, 4.69) is 10.1 Å². The Labute approximate surface area is 182 Å². The van der Waals surface area contributed by atoms with Crippen LogP contribution in [0.5, 0.6) is 0 Å². The summed E-state index contributed by atoms with van der Waals surface area (Å²) < 4.78 is 24.5. The number of sulfonamides is 1. The number of nitrogens with zero attached hydrogens (tertiary/aromatic N) is 3. The van der Waals surface area contributed by atoms with Gasteiger partial charge >= 0.3 is 5.97 Å². The van der Waals surface area contributed by atoms with Crippen LogP contribution in [0.1, 0.15) is 21.6 Å². The Hall–Kier alpha value is -3.34. The number of hydrogen-bond acceptors (Lipinski definition) is 6. The first-order valence-corrected chi connectivity index (χ1v) is 11.7. The van der Waals surface area contributed by atoms with Gasteiger partial charge in [-0.25, -0.2) is 28.0 Å². The normalized spacial score (nSPS) is 11.5. The van der Waals surface area contributed by atoms with Crippen molar-refractivity contribution < 1.29 is 18.3 Å². The fourth-order valence-corrected chi connectivity index (χ4v) is 4.36. The van der Waals surface area contributed by atoms with Crippen LogP contribution in [-0.2, 0) is 22.9 Å². The zero-order valence-corrected chi connectivity index (χ0v) is 17.8. The van der Waals surface area contributed by atoms with Gasteiger partial charge in [-0.05, 0) is 36.1 Å². The van der Waals surface area contributed by atoms with E-state index < -0.39 is 16.0 Å². The highest BCUT2D eigenvalue weighted by Crippen LogP contribution is 2.26. The molecule has 0 radical (unpaired) electrons. The highest BCUT2D eigenvalue weighted by molar-refractivity contribution is 7.89. The van der Waals surface area contributed by atoms with Crippen molar-refractivity contribution in [2.75, 3.05) is 0 Å². The van der Waals surface area contributed by atoms with Gasteiger partial charge in [0.25, 0.3) is 0 Å². The largest absolute Gasteiger partial charge is 0.476 e. The number of aromatic nitrogens is 3. The Bertz CT molecular complexity index is 1330. The first-order chi connectivity index (χ1) is 14.8. The maximum absolute atomic E-state index is 11.4. The standard InChI is InChI=1S/C21H18N4O4S2/c22-31(28,29)17-10-7-14(8-11-17)6-9-16-12-25(21-23-18(13-30-21)20(26)27)24-19(16)15-4-2-1-3-5-15/h1-5,7-8,10-13H,6,9H2,(H,26,27)(H2,22,28,29). The number of aryl methyl sites for hydroxylation is 2. The molecule has 2 heterocycles. The lowest BCUT2D eigenvalue weighted by Gasteiger charge is -2.04. The lowest BCUT2D eigenvalue weighted by molar-refractivity contribution is 0.0691. The van der Waals surface area contributed by atoms with Crippen molar-refractivity contribution in [2.45, 2.75) is 17.7 Å². The summed E-state index contributed by atoms with van der Waals surface area (Å²) in [6.07, 6.45) is 3.16.